The molecule has 0 bridgehead atoms. The van der Waals surface area contributed by atoms with Crippen LogP contribution < -0.4 is 5.32 Å². The molecule has 2 N–H and O–H groups in total. The Kier molecular flexibility index (Phi) is 5.28. The summed E-state index contributed by atoms with van der Waals surface area (Å²) in [4.78, 5) is 24.2. The van der Waals surface area contributed by atoms with Crippen molar-refractivity contribution in [1.82, 2.24) is 25.5 Å². The van der Waals surface area contributed by atoms with E-state index >= 15 is 0 Å². The van der Waals surface area contributed by atoms with Gasteiger partial charge < -0.3 is 10.4 Å². The number of carboxylic acid groups (broad SMARTS) is 1. The van der Waals surface area contributed by atoms with Gasteiger partial charge in [-0.1, -0.05) is 18.5 Å². The SMILES string of the molecule is CCC(C(=O)NC(C)C(=O)O)n1nnc(-c2ccc(Cl)cc2)n1. The lowest BCUT2D eigenvalue weighted by Crippen LogP contribution is -2.42. The van der Waals surface area contributed by atoms with Gasteiger partial charge in [0.15, 0.2) is 6.04 Å². The number of hydrogen-bond acceptors (Lipinski definition) is 5. The fourth-order valence-corrected chi connectivity index (χ4v) is 2.02. The molecule has 2 rings (SSSR count). The van der Waals surface area contributed by atoms with Crippen LogP contribution in [0.4, 0.5) is 0 Å². The van der Waals surface area contributed by atoms with E-state index in [1.807, 2.05) is 0 Å². The second-order valence-electron chi connectivity index (χ2n) is 4.93. The average Bonchev–Trinajstić information content (AvgIpc) is 2.98. The normalized spacial score (nSPS) is 13.3. The van der Waals surface area contributed by atoms with Gasteiger partial charge in [0, 0.05) is 10.6 Å². The molecule has 2 atom stereocenters. The highest BCUT2D eigenvalue weighted by molar-refractivity contribution is 6.30. The lowest BCUT2D eigenvalue weighted by atomic mass is 10.2. The predicted octanol–water partition coefficient (Wildman–Crippen LogP) is 1.53. The summed E-state index contributed by atoms with van der Waals surface area (Å²) < 4.78 is 0. The van der Waals surface area contributed by atoms with Crippen LogP contribution in [0.1, 0.15) is 26.3 Å². The molecule has 0 saturated heterocycles. The standard InChI is InChI=1S/C14H16ClN5O3/c1-3-11(13(21)16-8(2)14(22)23)20-18-12(17-19-20)9-4-6-10(15)7-5-9/h4-8,11H,3H2,1-2H3,(H,16,21)(H,22,23). The van der Waals surface area contributed by atoms with Crippen molar-refractivity contribution in [2.24, 2.45) is 0 Å². The van der Waals surface area contributed by atoms with Gasteiger partial charge in [-0.2, -0.15) is 4.80 Å². The highest BCUT2D eigenvalue weighted by Crippen LogP contribution is 2.18. The summed E-state index contributed by atoms with van der Waals surface area (Å²) >= 11 is 5.83. The fraction of sp³-hybridized carbons (Fsp3) is 0.357. The smallest absolute Gasteiger partial charge is 0.325 e. The summed E-state index contributed by atoms with van der Waals surface area (Å²) in [7, 11) is 0. The Balaban J connectivity index is 2.18. The molecule has 0 radical (unpaired) electrons. The van der Waals surface area contributed by atoms with E-state index in [2.05, 4.69) is 20.7 Å². The zero-order chi connectivity index (χ0) is 17.0. The van der Waals surface area contributed by atoms with Gasteiger partial charge in [0.2, 0.25) is 11.7 Å². The second kappa shape index (κ2) is 7.19. The molecular weight excluding hydrogens is 322 g/mol. The zero-order valence-corrected chi connectivity index (χ0v) is 13.4. The highest BCUT2D eigenvalue weighted by atomic mass is 35.5. The number of amides is 1. The quantitative estimate of drug-likeness (QED) is 0.827. The first-order valence-corrected chi connectivity index (χ1v) is 7.38. The summed E-state index contributed by atoms with van der Waals surface area (Å²) in [5, 5.41) is 23.9. The molecule has 0 spiro atoms. The maximum absolute atomic E-state index is 12.2. The number of carboxylic acids is 1. The van der Waals surface area contributed by atoms with Crippen molar-refractivity contribution >= 4 is 23.5 Å². The summed E-state index contributed by atoms with van der Waals surface area (Å²) in [6, 6.07) is 5.18. The third kappa shape index (κ3) is 4.04. The topological polar surface area (TPSA) is 110 Å². The van der Waals surface area contributed by atoms with E-state index < -0.39 is 24.0 Å². The average molecular weight is 338 g/mol. The van der Waals surface area contributed by atoms with Crippen molar-refractivity contribution < 1.29 is 14.7 Å². The largest absolute Gasteiger partial charge is 0.480 e. The van der Waals surface area contributed by atoms with Gasteiger partial charge >= 0.3 is 5.97 Å². The molecule has 2 aromatic rings. The molecule has 1 heterocycles. The first kappa shape index (κ1) is 16.9. The van der Waals surface area contributed by atoms with Gasteiger partial charge in [-0.3, -0.25) is 9.59 Å². The van der Waals surface area contributed by atoms with Gasteiger partial charge in [-0.05, 0) is 42.8 Å². The number of rotatable bonds is 6. The molecule has 9 heteroatoms. The van der Waals surface area contributed by atoms with E-state index in [1.165, 1.54) is 11.7 Å². The predicted molar refractivity (Wildman–Crippen MR) is 82.8 cm³/mol. The van der Waals surface area contributed by atoms with Gasteiger partial charge in [0.25, 0.3) is 0 Å². The van der Waals surface area contributed by atoms with E-state index in [9.17, 15) is 9.59 Å². The van der Waals surface area contributed by atoms with Crippen LogP contribution in [0.25, 0.3) is 11.4 Å². The first-order chi connectivity index (χ1) is 10.9. The molecule has 1 aromatic carbocycles. The lowest BCUT2D eigenvalue weighted by molar-refractivity contribution is -0.141. The van der Waals surface area contributed by atoms with E-state index in [-0.39, 0.29) is 0 Å². The Hall–Kier alpha value is -2.48. The fourth-order valence-electron chi connectivity index (χ4n) is 1.90. The van der Waals surface area contributed by atoms with Crippen molar-refractivity contribution in [3.63, 3.8) is 0 Å². The van der Waals surface area contributed by atoms with E-state index in [0.29, 0.717) is 17.3 Å². The summed E-state index contributed by atoms with van der Waals surface area (Å²) in [5.74, 6) is -1.22. The summed E-state index contributed by atoms with van der Waals surface area (Å²) in [6.07, 6.45) is 0.397. The third-order valence-electron chi connectivity index (χ3n) is 3.23. The number of benzene rings is 1. The second-order valence-corrected chi connectivity index (χ2v) is 5.37. The Labute approximate surface area is 137 Å². The Morgan fingerprint density at radius 1 is 1.35 bits per heavy atom. The van der Waals surface area contributed by atoms with Crippen LogP contribution in [0.3, 0.4) is 0 Å². The molecule has 122 valence electrons. The number of nitrogens with one attached hydrogen (secondary N) is 1. The van der Waals surface area contributed by atoms with Crippen molar-refractivity contribution in [3.8, 4) is 11.4 Å². The van der Waals surface area contributed by atoms with E-state index in [1.54, 1.807) is 31.2 Å². The van der Waals surface area contributed by atoms with E-state index in [0.717, 1.165) is 5.56 Å². The Morgan fingerprint density at radius 2 is 2.00 bits per heavy atom. The monoisotopic (exact) mass is 337 g/mol. The number of aromatic nitrogens is 4. The molecule has 23 heavy (non-hydrogen) atoms. The molecule has 0 aliphatic rings. The van der Waals surface area contributed by atoms with Crippen molar-refractivity contribution in [2.75, 3.05) is 0 Å². The van der Waals surface area contributed by atoms with Crippen molar-refractivity contribution in [3.05, 3.63) is 29.3 Å². The first-order valence-electron chi connectivity index (χ1n) is 7.01. The highest BCUT2D eigenvalue weighted by Gasteiger charge is 2.25. The number of aliphatic carboxylic acids is 1. The summed E-state index contributed by atoms with van der Waals surface area (Å²) in [6.45, 7) is 3.17. The van der Waals surface area contributed by atoms with Gasteiger partial charge in [-0.25, -0.2) is 0 Å². The van der Waals surface area contributed by atoms with Crippen LogP contribution in [-0.2, 0) is 9.59 Å². The Bertz CT molecular complexity index is 701. The van der Waals surface area contributed by atoms with Gasteiger partial charge in [-0.15, -0.1) is 10.2 Å². The maximum atomic E-state index is 12.2. The van der Waals surface area contributed by atoms with Crippen LogP contribution in [0.5, 0.6) is 0 Å². The number of tetrazole rings is 1. The number of halogens is 1. The Morgan fingerprint density at radius 3 is 2.57 bits per heavy atom. The number of hydrogen-bond donors (Lipinski definition) is 2. The lowest BCUT2D eigenvalue weighted by Gasteiger charge is -2.15. The molecule has 8 nitrogen and oxygen atoms in total. The van der Waals surface area contributed by atoms with Crippen LogP contribution in [0.2, 0.25) is 5.02 Å². The molecular formula is C14H16ClN5O3. The number of carbonyl (C=O) groups excluding carboxylic acids is 1. The number of nitrogens with zero attached hydrogens (tertiary/aromatic N) is 4. The van der Waals surface area contributed by atoms with Crippen LogP contribution in [0.15, 0.2) is 24.3 Å². The molecule has 2 unspecified atom stereocenters. The van der Waals surface area contributed by atoms with Gasteiger partial charge in [0.05, 0.1) is 0 Å². The van der Waals surface area contributed by atoms with E-state index in [4.69, 9.17) is 16.7 Å². The molecule has 0 fully saturated rings. The molecule has 0 aliphatic carbocycles. The maximum Gasteiger partial charge on any atom is 0.325 e. The van der Waals surface area contributed by atoms with Crippen LogP contribution in [0, 0.1) is 0 Å². The minimum absolute atomic E-state index is 0.360. The van der Waals surface area contributed by atoms with Crippen molar-refractivity contribution in [1.29, 1.82) is 0 Å². The minimum atomic E-state index is -1.11. The molecule has 0 saturated carbocycles. The number of carbonyl (C=O) groups is 2. The molecule has 0 aliphatic heterocycles. The minimum Gasteiger partial charge on any atom is -0.480 e. The molecule has 1 amide bonds. The van der Waals surface area contributed by atoms with Gasteiger partial charge in [0.1, 0.15) is 6.04 Å². The van der Waals surface area contributed by atoms with Crippen LogP contribution in [-0.4, -0.2) is 43.2 Å². The summed E-state index contributed by atoms with van der Waals surface area (Å²) in [5.41, 5.74) is 0.717. The molecule has 1 aromatic heterocycles. The van der Waals surface area contributed by atoms with Crippen molar-refractivity contribution in [2.45, 2.75) is 32.4 Å². The van der Waals surface area contributed by atoms with Crippen LogP contribution >= 0.6 is 11.6 Å². The zero-order valence-electron chi connectivity index (χ0n) is 12.6. The third-order valence-corrected chi connectivity index (χ3v) is 3.48.